The van der Waals surface area contributed by atoms with Gasteiger partial charge in [0.15, 0.2) is 11.4 Å². The second-order valence-electron chi connectivity index (χ2n) is 36.0. The second kappa shape index (κ2) is 44.6. The van der Waals surface area contributed by atoms with E-state index in [0.29, 0.717) is 61.9 Å². The number of ether oxygens (including phenoxy) is 11. The molecular formula is C89H146O21. The maximum Gasteiger partial charge on any atom is 0.310 e. The van der Waals surface area contributed by atoms with E-state index in [1.165, 1.54) is 170 Å². The van der Waals surface area contributed by atoms with Gasteiger partial charge >= 0.3 is 53.7 Å². The molecule has 21 nitrogen and oxygen atoms in total. The minimum absolute atomic E-state index is 0.0263. The van der Waals surface area contributed by atoms with Crippen molar-refractivity contribution in [1.29, 1.82) is 0 Å². The van der Waals surface area contributed by atoms with E-state index in [4.69, 9.17) is 42.6 Å². The normalized spacial score (nSPS) is 31.1. The number of ketones is 1. The third-order valence-corrected chi connectivity index (χ3v) is 24.6. The van der Waals surface area contributed by atoms with Crippen molar-refractivity contribution in [2.45, 2.75) is 328 Å². The number of Topliss-reactive ketones (excluding diaryl/α,β-unsaturated/α-hetero) is 1. The fourth-order valence-electron chi connectivity index (χ4n) is 19.8. The lowest BCUT2D eigenvalue weighted by atomic mass is 9.46. The molecule has 0 aromatic heterocycles. The molecule has 15 aliphatic rings. The highest BCUT2D eigenvalue weighted by Crippen LogP contribution is 2.63. The van der Waals surface area contributed by atoms with Gasteiger partial charge in [-0.25, -0.2) is 0 Å². The molecule has 15 fully saturated rings. The van der Waals surface area contributed by atoms with Gasteiger partial charge in [-0.3, -0.25) is 47.9 Å². The zero-order valence-electron chi connectivity index (χ0n) is 72.0. The van der Waals surface area contributed by atoms with Crippen molar-refractivity contribution in [2.24, 2.45) is 93.7 Å². The quantitative estimate of drug-likeness (QED) is 0.124. The molecule has 3 heterocycles. The Morgan fingerprint density at radius 3 is 1.44 bits per heavy atom. The van der Waals surface area contributed by atoms with Gasteiger partial charge in [0, 0.05) is 77.2 Å². The zero-order valence-corrected chi connectivity index (χ0v) is 72.0. The molecule has 0 spiro atoms. The molecule has 110 heavy (non-hydrogen) atoms. The summed E-state index contributed by atoms with van der Waals surface area (Å²) in [4.78, 5) is 108. The molecule has 12 saturated carbocycles. The van der Waals surface area contributed by atoms with Gasteiger partial charge in [-0.05, 0) is 231 Å². The fourth-order valence-corrected chi connectivity index (χ4v) is 19.8. The van der Waals surface area contributed by atoms with Gasteiger partial charge < -0.3 is 52.1 Å². The van der Waals surface area contributed by atoms with E-state index in [9.17, 15) is 47.9 Å². The molecule has 7 atom stereocenters. The first kappa shape index (κ1) is 96.4. The molecule has 0 N–H and O–H groups in total. The number of methoxy groups -OCH3 is 1. The number of esters is 9. The van der Waals surface area contributed by atoms with E-state index >= 15 is 0 Å². The van der Waals surface area contributed by atoms with Crippen LogP contribution in [-0.2, 0) is 100 Å². The number of carbonyl (C=O) groups is 10. The smallest absolute Gasteiger partial charge is 0.310 e. The van der Waals surface area contributed by atoms with E-state index in [1.807, 2.05) is 80.5 Å². The summed E-state index contributed by atoms with van der Waals surface area (Å²) in [5, 5.41) is 0. The minimum atomic E-state index is -0.733. The van der Waals surface area contributed by atoms with Crippen molar-refractivity contribution in [3.05, 3.63) is 35.9 Å². The number of rotatable bonds is 14. The van der Waals surface area contributed by atoms with Crippen molar-refractivity contribution in [3.8, 4) is 0 Å². The summed E-state index contributed by atoms with van der Waals surface area (Å²) in [7, 11) is 1.71. The summed E-state index contributed by atoms with van der Waals surface area (Å²) in [5.41, 5.74) is 0.701. The van der Waals surface area contributed by atoms with Crippen LogP contribution in [0.5, 0.6) is 0 Å². The molecular weight excluding hydrogens is 1400 g/mol. The summed E-state index contributed by atoms with van der Waals surface area (Å²) in [6.07, 6.45) is 26.4. The Kier molecular flexibility index (Phi) is 39.1. The molecule has 16 rings (SSSR count). The molecule has 1 aromatic carbocycles. The van der Waals surface area contributed by atoms with Gasteiger partial charge in [-0.1, -0.05) is 103 Å². The van der Waals surface area contributed by atoms with Crippen LogP contribution in [0, 0.1) is 101 Å². The monoisotopic (exact) mass is 1550 g/mol. The minimum Gasteiger partial charge on any atom is -0.465 e. The number of cyclic esters (lactones) is 2. The number of aryl methyl sites for hydroxylation is 1. The van der Waals surface area contributed by atoms with Crippen LogP contribution in [0.4, 0.5) is 0 Å². The molecule has 10 bridgehead atoms. The predicted molar refractivity (Wildman–Crippen MR) is 421 cm³/mol. The molecule has 21 heteroatoms. The van der Waals surface area contributed by atoms with Gasteiger partial charge in [-0.2, -0.15) is 0 Å². The van der Waals surface area contributed by atoms with Crippen molar-refractivity contribution >= 4 is 59.5 Å². The summed E-state index contributed by atoms with van der Waals surface area (Å²) in [6, 6.07) is 10.3. The Morgan fingerprint density at radius 2 is 1.03 bits per heavy atom. The third kappa shape index (κ3) is 31.4. The molecule has 3 aliphatic heterocycles. The Bertz CT molecular complexity index is 3000. The SMILES string of the molecule is CC.CC.CC(=O)COC1C2CC3C(=O)OC1C3C2.CC(=O)OC(C)(C)C1C2CC3CC(C2)CC1C3.CC(=O)OC(C)(C)C1CCCC1.CC(=O)OC1(C)COC(=O)C1.CC(=O)OCC1(C)C2CC3CC(C2)CC1C3.CC(=O)OCC1(C)CCCC1.CC(=O)OCC1COC(=O)C1.COC(C)(C)C.Cc1ccccc1. The molecule has 0 amide bonds. The van der Waals surface area contributed by atoms with E-state index in [2.05, 4.69) is 56.2 Å². The van der Waals surface area contributed by atoms with E-state index in [-0.39, 0.29) is 125 Å². The predicted octanol–water partition coefficient (Wildman–Crippen LogP) is 17.4. The lowest BCUT2D eigenvalue weighted by Gasteiger charge is -2.59. The summed E-state index contributed by atoms with van der Waals surface area (Å²) in [6.45, 7) is 43.1. The van der Waals surface area contributed by atoms with E-state index in [0.717, 1.165) is 60.2 Å². The molecule has 12 aliphatic carbocycles. The molecule has 0 radical (unpaired) electrons. The van der Waals surface area contributed by atoms with Crippen LogP contribution in [0.25, 0.3) is 0 Å². The average Bonchev–Trinajstić information content (AvgIpc) is 1.32. The van der Waals surface area contributed by atoms with Gasteiger partial charge in [-0.15, -0.1) is 0 Å². The average molecular weight is 1550 g/mol. The van der Waals surface area contributed by atoms with Gasteiger partial charge in [0.25, 0.3) is 0 Å². The molecule has 3 saturated heterocycles. The fraction of sp³-hybridized carbons (Fsp3) is 0.820. The van der Waals surface area contributed by atoms with Crippen LogP contribution in [0.15, 0.2) is 30.3 Å². The van der Waals surface area contributed by atoms with Crippen LogP contribution in [0.2, 0.25) is 0 Å². The summed E-state index contributed by atoms with van der Waals surface area (Å²) < 4.78 is 55.9. The van der Waals surface area contributed by atoms with Gasteiger partial charge in [0.05, 0.1) is 56.9 Å². The highest BCUT2D eigenvalue weighted by Gasteiger charge is 2.63. The van der Waals surface area contributed by atoms with Crippen molar-refractivity contribution in [2.75, 3.05) is 46.8 Å². The van der Waals surface area contributed by atoms with Crippen molar-refractivity contribution in [1.82, 2.24) is 0 Å². The zero-order chi connectivity index (χ0) is 82.7. The van der Waals surface area contributed by atoms with Crippen LogP contribution >= 0.6 is 0 Å². The molecule has 7 unspecified atom stereocenters. The number of fused-ring (bicyclic) bond motifs is 1. The van der Waals surface area contributed by atoms with Crippen molar-refractivity contribution < 1.29 is 100 Å². The topological polar surface area (TPSA) is 272 Å². The second-order valence-corrected chi connectivity index (χ2v) is 36.0. The third-order valence-electron chi connectivity index (χ3n) is 24.6. The highest BCUT2D eigenvalue weighted by molar-refractivity contribution is 5.78. The van der Waals surface area contributed by atoms with Crippen molar-refractivity contribution in [3.63, 3.8) is 0 Å². The Balaban J connectivity index is 0.000000263. The Labute approximate surface area is 661 Å². The van der Waals surface area contributed by atoms with Gasteiger partial charge in [0.1, 0.15) is 30.5 Å². The summed E-state index contributed by atoms with van der Waals surface area (Å²) in [5.74, 6) is 7.60. The van der Waals surface area contributed by atoms with Crippen LogP contribution in [0.3, 0.4) is 0 Å². The number of hydrogen-bond acceptors (Lipinski definition) is 21. The van der Waals surface area contributed by atoms with Gasteiger partial charge in [0.2, 0.25) is 0 Å². The molecule has 628 valence electrons. The van der Waals surface area contributed by atoms with E-state index < -0.39 is 5.60 Å². The Morgan fingerprint density at radius 1 is 0.545 bits per heavy atom. The standard InChI is InChI=1S/C15H24O2.C14H22O2.C11H14O4.C10H18O2.C9H16O2.2C7H10O4.C7H8.C5H12O.2C2H6/c1-9(16)17-15(2,3)14-12-5-10-4-11(7-12)8-13(14)6-10;1-9(15)16-8-14(2)12-4-10-3-11(6-12)7-13(14)5-10;1-5(12)4-14-9-6-2-7-8(3-6)11(13)15-10(7)9;1-8(11)12-10(2,3)9-6-4-5-7-9;1-8(10)11-7-9(2)5-3-4-6-9;1-5(8)11-7(2)3-6(9)10-4-7;1-5(8)10-3-6-2-7(9)11-4-6;1-7-5-3-2-4-6-7;1-5(2,3)6-4;2*1-2/h10-14H,4-8H2,1-3H3;10-13H,3-8H2,1-2H3;6-10H,2-4H2,1H3;9H,4-7H2,1-3H3;3-7H2,1-2H3;3-4H2,1-2H3;6H,2-4H2,1H3;2-6H,1H3;1-4H3;2*1-2H3. The number of benzene rings is 1. The number of hydrogen-bond donors (Lipinski definition) is 0. The maximum absolute atomic E-state index is 11.4. The first-order valence-corrected chi connectivity index (χ1v) is 41.7. The largest absolute Gasteiger partial charge is 0.465 e. The van der Waals surface area contributed by atoms with Crippen LogP contribution in [0.1, 0.15) is 292 Å². The highest BCUT2D eigenvalue weighted by atomic mass is 16.6. The maximum atomic E-state index is 11.4. The lowest BCUT2D eigenvalue weighted by Crippen LogP contribution is -2.54. The van der Waals surface area contributed by atoms with Crippen LogP contribution in [-0.4, -0.2) is 141 Å². The van der Waals surface area contributed by atoms with Crippen LogP contribution < -0.4 is 0 Å². The first-order chi connectivity index (χ1) is 51.5. The lowest BCUT2D eigenvalue weighted by molar-refractivity contribution is -0.178. The number of carbonyl (C=O) groups excluding carboxylic acids is 10. The Hall–Kier alpha value is -5.96. The summed E-state index contributed by atoms with van der Waals surface area (Å²) >= 11 is 0. The molecule has 1 aromatic rings. The van der Waals surface area contributed by atoms with E-state index in [1.54, 1.807) is 14.0 Å². The first-order valence-electron chi connectivity index (χ1n) is 41.7.